The summed E-state index contributed by atoms with van der Waals surface area (Å²) in [5, 5.41) is 21.4. The van der Waals surface area contributed by atoms with Crippen LogP contribution in [-0.2, 0) is 4.79 Å². The van der Waals surface area contributed by atoms with Crippen molar-refractivity contribution in [2.45, 2.75) is 0 Å². The molecular formula is C17H14N4O5S. The van der Waals surface area contributed by atoms with E-state index in [1.54, 1.807) is 31.4 Å². The summed E-state index contributed by atoms with van der Waals surface area (Å²) in [6.45, 7) is -0.277. The maximum Gasteiger partial charge on any atom is 0.270 e. The van der Waals surface area contributed by atoms with Gasteiger partial charge in [-0.1, -0.05) is 23.5 Å². The van der Waals surface area contributed by atoms with Crippen molar-refractivity contribution in [3.05, 3.63) is 58.1 Å². The lowest BCUT2D eigenvalue weighted by Crippen LogP contribution is -2.20. The molecule has 0 fully saturated rings. The molecule has 0 aliphatic carbocycles. The molecule has 1 N–H and O–H groups in total. The Morgan fingerprint density at radius 1 is 1.26 bits per heavy atom. The molecule has 0 aliphatic rings. The van der Waals surface area contributed by atoms with E-state index in [4.69, 9.17) is 9.47 Å². The van der Waals surface area contributed by atoms with Crippen LogP contribution in [0.25, 0.3) is 11.1 Å². The van der Waals surface area contributed by atoms with Gasteiger partial charge in [-0.15, -0.1) is 10.2 Å². The molecule has 0 bridgehead atoms. The van der Waals surface area contributed by atoms with Gasteiger partial charge in [-0.05, 0) is 23.8 Å². The van der Waals surface area contributed by atoms with Crippen LogP contribution in [0.1, 0.15) is 0 Å². The van der Waals surface area contributed by atoms with Crippen molar-refractivity contribution < 1.29 is 19.2 Å². The third kappa shape index (κ3) is 4.55. The number of nitrogens with one attached hydrogen (secondary N) is 1. The number of carbonyl (C=O) groups excluding carboxylic acids is 1. The van der Waals surface area contributed by atoms with Gasteiger partial charge < -0.3 is 9.47 Å². The van der Waals surface area contributed by atoms with Gasteiger partial charge >= 0.3 is 0 Å². The van der Waals surface area contributed by atoms with Crippen molar-refractivity contribution in [3.8, 4) is 22.6 Å². The van der Waals surface area contributed by atoms with E-state index in [0.29, 0.717) is 27.8 Å². The summed E-state index contributed by atoms with van der Waals surface area (Å²) in [5.41, 5.74) is 2.61. The molecule has 0 saturated heterocycles. The molecule has 138 valence electrons. The van der Waals surface area contributed by atoms with Crippen LogP contribution < -0.4 is 14.8 Å². The van der Waals surface area contributed by atoms with Gasteiger partial charge in [0.1, 0.15) is 17.0 Å². The lowest BCUT2D eigenvalue weighted by molar-refractivity contribution is -0.384. The van der Waals surface area contributed by atoms with Crippen molar-refractivity contribution in [2.24, 2.45) is 0 Å². The number of benzene rings is 2. The number of anilines is 1. The maximum atomic E-state index is 12.0. The Labute approximate surface area is 157 Å². The number of hydrogen-bond donors (Lipinski definition) is 1. The topological polar surface area (TPSA) is 116 Å². The van der Waals surface area contributed by atoms with E-state index in [1.807, 2.05) is 0 Å². The average molecular weight is 386 g/mol. The Hall–Kier alpha value is -3.53. The van der Waals surface area contributed by atoms with Crippen LogP contribution in [0, 0.1) is 10.1 Å². The number of aromatic nitrogens is 2. The summed E-state index contributed by atoms with van der Waals surface area (Å²) < 4.78 is 10.7. The first-order valence-corrected chi connectivity index (χ1v) is 8.56. The first-order chi connectivity index (χ1) is 13.1. The first-order valence-electron chi connectivity index (χ1n) is 7.68. The highest BCUT2D eigenvalue weighted by atomic mass is 32.1. The van der Waals surface area contributed by atoms with Crippen molar-refractivity contribution >= 4 is 28.1 Å². The largest absolute Gasteiger partial charge is 0.497 e. The Kier molecular flexibility index (Phi) is 5.57. The van der Waals surface area contributed by atoms with Crippen molar-refractivity contribution in [3.63, 3.8) is 0 Å². The van der Waals surface area contributed by atoms with E-state index in [2.05, 4.69) is 15.5 Å². The fourth-order valence-corrected chi connectivity index (χ4v) is 2.74. The Morgan fingerprint density at radius 3 is 2.67 bits per heavy atom. The highest BCUT2D eigenvalue weighted by Gasteiger charge is 2.15. The zero-order chi connectivity index (χ0) is 19.2. The molecule has 0 spiro atoms. The van der Waals surface area contributed by atoms with Crippen LogP contribution in [0.2, 0.25) is 0 Å². The average Bonchev–Trinajstić information content (AvgIpc) is 3.19. The molecule has 3 aromatic rings. The molecule has 27 heavy (non-hydrogen) atoms. The molecule has 10 heteroatoms. The number of hydrogen-bond acceptors (Lipinski definition) is 8. The van der Waals surface area contributed by atoms with E-state index >= 15 is 0 Å². The highest BCUT2D eigenvalue weighted by Crippen LogP contribution is 2.34. The van der Waals surface area contributed by atoms with E-state index in [0.717, 1.165) is 0 Å². The number of methoxy groups -OCH3 is 1. The highest BCUT2D eigenvalue weighted by molar-refractivity contribution is 7.13. The van der Waals surface area contributed by atoms with Crippen molar-refractivity contribution in [1.29, 1.82) is 0 Å². The quantitative estimate of drug-likeness (QED) is 0.490. The third-order valence-corrected chi connectivity index (χ3v) is 4.15. The standard InChI is InChI=1S/C17H14N4O5S/c1-25-13-5-2-11(3-6-13)14-8-12(21(23)24)4-7-15(14)26-9-16(22)19-17-20-18-10-27-17/h2-8,10H,9H2,1H3,(H,19,20,22). The van der Waals surface area contributed by atoms with Crippen LogP contribution in [0.3, 0.4) is 0 Å². The van der Waals surface area contributed by atoms with Crippen LogP contribution >= 0.6 is 11.3 Å². The molecule has 9 nitrogen and oxygen atoms in total. The Morgan fingerprint density at radius 2 is 2.04 bits per heavy atom. The van der Waals surface area contributed by atoms with Crippen LogP contribution in [0.5, 0.6) is 11.5 Å². The monoisotopic (exact) mass is 386 g/mol. The fraction of sp³-hybridized carbons (Fsp3) is 0.118. The summed E-state index contributed by atoms with van der Waals surface area (Å²) in [7, 11) is 1.55. The number of carbonyl (C=O) groups is 1. The van der Waals surface area contributed by atoms with Gasteiger partial charge in [0.05, 0.1) is 12.0 Å². The number of nitrogens with zero attached hydrogens (tertiary/aromatic N) is 3. The molecule has 1 amide bonds. The zero-order valence-corrected chi connectivity index (χ0v) is 14.9. The minimum atomic E-state index is -0.487. The summed E-state index contributed by atoms with van der Waals surface area (Å²) in [4.78, 5) is 22.6. The zero-order valence-electron chi connectivity index (χ0n) is 14.1. The smallest absolute Gasteiger partial charge is 0.270 e. The predicted octanol–water partition coefficient (Wildman–Crippen LogP) is 3.14. The van der Waals surface area contributed by atoms with Gasteiger partial charge in [0.15, 0.2) is 6.61 Å². The summed E-state index contributed by atoms with van der Waals surface area (Å²) in [6.07, 6.45) is 0. The summed E-state index contributed by atoms with van der Waals surface area (Å²) in [6, 6.07) is 11.2. The molecule has 0 unspecified atom stereocenters. The lowest BCUT2D eigenvalue weighted by Gasteiger charge is -2.12. The third-order valence-electron chi connectivity index (χ3n) is 3.54. The van der Waals surface area contributed by atoms with E-state index in [9.17, 15) is 14.9 Å². The molecule has 2 aromatic carbocycles. The van der Waals surface area contributed by atoms with Crippen LogP contribution in [0.15, 0.2) is 48.0 Å². The number of nitro groups is 1. The first kappa shape index (κ1) is 18.3. The number of non-ortho nitro benzene ring substituents is 1. The molecule has 0 radical (unpaired) electrons. The van der Waals surface area contributed by atoms with Crippen molar-refractivity contribution in [1.82, 2.24) is 10.2 Å². The number of nitro benzene ring substituents is 1. The van der Waals surface area contributed by atoms with Crippen LogP contribution in [0.4, 0.5) is 10.8 Å². The maximum absolute atomic E-state index is 12.0. The molecule has 0 atom stereocenters. The Bertz CT molecular complexity index is 944. The SMILES string of the molecule is COc1ccc(-c2cc([N+](=O)[O-])ccc2OCC(=O)Nc2nncs2)cc1. The summed E-state index contributed by atoms with van der Waals surface area (Å²) >= 11 is 1.19. The van der Waals surface area contributed by atoms with E-state index in [-0.39, 0.29) is 12.3 Å². The van der Waals surface area contributed by atoms with Gasteiger partial charge in [-0.3, -0.25) is 20.2 Å². The fourth-order valence-electron chi connectivity index (χ4n) is 2.28. The molecule has 0 saturated carbocycles. The number of ether oxygens (including phenoxy) is 2. The summed E-state index contributed by atoms with van der Waals surface area (Å²) in [5.74, 6) is 0.590. The predicted molar refractivity (Wildman–Crippen MR) is 99.1 cm³/mol. The minimum absolute atomic E-state index is 0.0773. The Balaban J connectivity index is 1.82. The lowest BCUT2D eigenvalue weighted by atomic mass is 10.0. The van der Waals surface area contributed by atoms with Crippen LogP contribution in [-0.4, -0.2) is 34.7 Å². The molecule has 3 rings (SSSR count). The minimum Gasteiger partial charge on any atom is -0.497 e. The molecular weight excluding hydrogens is 372 g/mol. The van der Waals surface area contributed by atoms with Gasteiger partial charge in [0.2, 0.25) is 5.13 Å². The van der Waals surface area contributed by atoms with Gasteiger partial charge in [0.25, 0.3) is 11.6 Å². The second-order valence-electron chi connectivity index (χ2n) is 5.25. The molecule has 1 aromatic heterocycles. The van der Waals surface area contributed by atoms with E-state index in [1.165, 1.54) is 35.0 Å². The number of rotatable bonds is 7. The second kappa shape index (κ2) is 8.23. The normalized spacial score (nSPS) is 10.3. The second-order valence-corrected chi connectivity index (χ2v) is 6.08. The van der Waals surface area contributed by atoms with Crippen molar-refractivity contribution in [2.75, 3.05) is 19.0 Å². The molecule has 1 heterocycles. The van der Waals surface area contributed by atoms with E-state index < -0.39 is 10.8 Å². The number of amides is 1. The van der Waals surface area contributed by atoms with Gasteiger partial charge in [-0.25, -0.2) is 0 Å². The van der Waals surface area contributed by atoms with Gasteiger partial charge in [-0.2, -0.15) is 0 Å². The molecule has 0 aliphatic heterocycles. The van der Waals surface area contributed by atoms with Gasteiger partial charge in [0, 0.05) is 17.7 Å².